The van der Waals surface area contributed by atoms with Crippen LogP contribution in [-0.4, -0.2) is 80.9 Å². The molecule has 25 heavy (non-hydrogen) atoms. The second-order valence-corrected chi connectivity index (χ2v) is 10.9. The molecule has 138 valence electrons. The van der Waals surface area contributed by atoms with Gasteiger partial charge in [-0.05, 0) is 0 Å². The number of imidazole rings is 1. The fourth-order valence-electron chi connectivity index (χ4n) is 2.49. The van der Waals surface area contributed by atoms with Crippen molar-refractivity contribution in [2.75, 3.05) is 12.3 Å². The van der Waals surface area contributed by atoms with Crippen LogP contribution in [0.3, 0.4) is 0 Å². The third kappa shape index (κ3) is 4.31. The van der Waals surface area contributed by atoms with E-state index in [0.717, 1.165) is 0 Å². The Labute approximate surface area is 154 Å². The summed E-state index contributed by atoms with van der Waals surface area (Å²) in [4.78, 5) is 21.8. The number of nitrogens with two attached hydrogens (primary N) is 1. The number of nitrogen functional groups attached to an aromatic ring is 1. The van der Waals surface area contributed by atoms with E-state index in [9.17, 15) is 15.0 Å². The van der Waals surface area contributed by atoms with Gasteiger partial charge in [0.15, 0.2) is 17.4 Å². The second kappa shape index (κ2) is 8.94. The van der Waals surface area contributed by atoms with E-state index < -0.39 is 36.7 Å². The average molecular weight is 460 g/mol. The Bertz CT molecular complexity index is 749. The van der Waals surface area contributed by atoms with Crippen molar-refractivity contribution in [1.29, 1.82) is 0 Å². The number of nitrogens with zero attached hydrogens (tertiary/aromatic N) is 3. The third-order valence-corrected chi connectivity index (χ3v) is 6.60. The SMILES string of the molecule is C[CH2][Sn][CH2]C.Nc1nc2c(ncn2C2OC(CO)C(O)C2O)c(=O)[nH]1. The van der Waals surface area contributed by atoms with Crippen molar-refractivity contribution in [3.63, 3.8) is 0 Å². The normalized spacial score (nSPS) is 25.8. The fraction of sp³-hybridized carbons (Fsp3) is 0.643. The molecule has 0 spiro atoms. The van der Waals surface area contributed by atoms with E-state index in [4.69, 9.17) is 15.6 Å². The van der Waals surface area contributed by atoms with Gasteiger partial charge in [-0.1, -0.05) is 0 Å². The molecule has 4 unspecified atom stereocenters. The summed E-state index contributed by atoms with van der Waals surface area (Å²) in [5.41, 5.74) is 5.12. The Hall–Kier alpha value is -1.21. The first-order valence-electron chi connectivity index (χ1n) is 8.00. The first kappa shape index (κ1) is 20.1. The Morgan fingerprint density at radius 1 is 1.36 bits per heavy atom. The van der Waals surface area contributed by atoms with Crippen molar-refractivity contribution in [3.8, 4) is 0 Å². The smallest absolute Gasteiger partial charge is 0.280 e. The van der Waals surface area contributed by atoms with E-state index in [0.29, 0.717) is 0 Å². The van der Waals surface area contributed by atoms with Crippen molar-refractivity contribution in [2.45, 2.75) is 47.3 Å². The minimum Gasteiger partial charge on any atom is -0.394 e. The van der Waals surface area contributed by atoms with Crippen molar-refractivity contribution in [3.05, 3.63) is 16.7 Å². The molecule has 0 aromatic carbocycles. The summed E-state index contributed by atoms with van der Waals surface area (Å²) in [5.74, 6) is -0.101. The van der Waals surface area contributed by atoms with Crippen molar-refractivity contribution < 1.29 is 20.1 Å². The second-order valence-electron chi connectivity index (χ2n) is 5.46. The van der Waals surface area contributed by atoms with Gasteiger partial charge < -0.3 is 25.8 Å². The van der Waals surface area contributed by atoms with Crippen LogP contribution in [0.25, 0.3) is 11.2 Å². The van der Waals surface area contributed by atoms with E-state index in [1.165, 1.54) is 19.8 Å². The number of aromatic nitrogens is 4. The summed E-state index contributed by atoms with van der Waals surface area (Å²) in [6.07, 6.45) is -3.21. The quantitative estimate of drug-likeness (QED) is 0.359. The molecule has 0 saturated carbocycles. The van der Waals surface area contributed by atoms with Crippen LogP contribution >= 0.6 is 0 Å². The molecule has 0 amide bonds. The molecule has 3 rings (SSSR count). The molecule has 4 atom stereocenters. The average Bonchev–Trinajstić information content (AvgIpc) is 3.11. The Kier molecular flexibility index (Phi) is 7.19. The number of fused-ring (bicyclic) bond motifs is 1. The maximum atomic E-state index is 11.7. The molecule has 1 saturated heterocycles. The van der Waals surface area contributed by atoms with Crippen LogP contribution in [0, 0.1) is 0 Å². The molecule has 1 fully saturated rings. The number of rotatable bonds is 4. The van der Waals surface area contributed by atoms with Gasteiger partial charge in [0, 0.05) is 0 Å². The molecule has 11 heteroatoms. The minimum absolute atomic E-state index is 0.0388. The van der Waals surface area contributed by atoms with Crippen LogP contribution in [0.15, 0.2) is 11.1 Å². The summed E-state index contributed by atoms with van der Waals surface area (Å²) >= 11 is 0.218. The molecule has 0 aliphatic carbocycles. The van der Waals surface area contributed by atoms with E-state index >= 15 is 0 Å². The van der Waals surface area contributed by atoms with Crippen LogP contribution < -0.4 is 11.3 Å². The van der Waals surface area contributed by atoms with E-state index in [-0.39, 0.29) is 38.3 Å². The number of nitrogens with one attached hydrogen (secondary N) is 1. The first-order chi connectivity index (χ1) is 11.9. The summed E-state index contributed by atoms with van der Waals surface area (Å²) < 4.78 is 9.67. The number of aromatic amines is 1. The molecular weight excluding hydrogens is 437 g/mol. The maximum Gasteiger partial charge on any atom is 0.280 e. The van der Waals surface area contributed by atoms with Crippen molar-refractivity contribution in [1.82, 2.24) is 19.5 Å². The molecule has 2 radical (unpaired) electrons. The van der Waals surface area contributed by atoms with E-state index in [1.54, 1.807) is 0 Å². The largest absolute Gasteiger partial charge is 0.394 e. The Balaban J connectivity index is 0.000000399. The van der Waals surface area contributed by atoms with Crippen LogP contribution in [0.1, 0.15) is 20.1 Å². The zero-order chi connectivity index (χ0) is 18.6. The fourth-order valence-corrected chi connectivity index (χ4v) is 3.92. The first-order valence-corrected chi connectivity index (χ1v) is 12.0. The number of aliphatic hydroxyl groups excluding tert-OH is 3. The van der Waals surface area contributed by atoms with Gasteiger partial charge in [0.2, 0.25) is 5.95 Å². The van der Waals surface area contributed by atoms with Gasteiger partial charge in [0.1, 0.15) is 18.3 Å². The zero-order valence-electron chi connectivity index (χ0n) is 14.1. The number of H-pyrrole nitrogens is 1. The zero-order valence-corrected chi connectivity index (χ0v) is 16.9. The summed E-state index contributed by atoms with van der Waals surface area (Å²) in [7, 11) is 0. The van der Waals surface area contributed by atoms with Crippen LogP contribution in [0.4, 0.5) is 5.95 Å². The van der Waals surface area contributed by atoms with Crippen LogP contribution in [0.5, 0.6) is 0 Å². The molecular formula is C14H23N5O5Sn. The predicted octanol–water partition coefficient (Wildman–Crippen LogP) is -1.12. The van der Waals surface area contributed by atoms with Gasteiger partial charge in [-0.25, -0.2) is 4.98 Å². The number of hydrogen-bond donors (Lipinski definition) is 5. The molecule has 10 nitrogen and oxygen atoms in total. The van der Waals surface area contributed by atoms with E-state index in [1.807, 2.05) is 0 Å². The van der Waals surface area contributed by atoms with Gasteiger partial charge in [-0.15, -0.1) is 0 Å². The molecule has 2 aromatic heterocycles. The summed E-state index contributed by atoms with van der Waals surface area (Å²) in [6, 6.07) is 0. The number of aliphatic hydroxyl groups is 3. The van der Waals surface area contributed by atoms with Gasteiger partial charge in [-0.3, -0.25) is 14.3 Å². The molecule has 0 bridgehead atoms. The van der Waals surface area contributed by atoms with Crippen LogP contribution in [-0.2, 0) is 4.74 Å². The molecule has 3 heterocycles. The minimum atomic E-state index is -1.29. The van der Waals surface area contributed by atoms with Gasteiger partial charge in [0.05, 0.1) is 12.9 Å². The Morgan fingerprint density at radius 2 is 2.04 bits per heavy atom. The third-order valence-electron chi connectivity index (χ3n) is 3.74. The molecule has 1 aliphatic rings. The maximum absolute atomic E-state index is 11.7. The molecule has 6 N–H and O–H groups in total. The molecule has 1 aliphatic heterocycles. The van der Waals surface area contributed by atoms with Crippen molar-refractivity contribution in [2.24, 2.45) is 0 Å². The van der Waals surface area contributed by atoms with Gasteiger partial charge in [-0.2, -0.15) is 4.98 Å². The molecule has 2 aromatic rings. The predicted molar refractivity (Wildman–Crippen MR) is 92.3 cm³/mol. The van der Waals surface area contributed by atoms with Crippen molar-refractivity contribution >= 4 is 38.3 Å². The Morgan fingerprint density at radius 3 is 2.56 bits per heavy atom. The number of ether oxygens (including phenoxy) is 1. The van der Waals surface area contributed by atoms with E-state index in [2.05, 4.69) is 28.8 Å². The monoisotopic (exact) mass is 461 g/mol. The van der Waals surface area contributed by atoms with Gasteiger partial charge in [0.25, 0.3) is 5.56 Å². The topological polar surface area (TPSA) is 160 Å². The summed E-state index contributed by atoms with van der Waals surface area (Å²) in [5, 5.41) is 28.7. The summed E-state index contributed by atoms with van der Waals surface area (Å²) in [6.45, 7) is 4.13. The number of anilines is 1. The van der Waals surface area contributed by atoms with Crippen LogP contribution in [0.2, 0.25) is 8.87 Å². The standard InChI is InChI=1S/C10H13N5O5.2C2H5.Sn/c11-10-13-7-4(8(19)14-10)12-2-15(7)9-6(18)5(17)3(1-16)20-9;2*1-2;/h2-3,5-6,9,16-18H,1H2,(H3,11,13,14,19);2*1H2,2H3;. The number of hydrogen-bond acceptors (Lipinski definition) is 8. The van der Waals surface area contributed by atoms with Gasteiger partial charge >= 0.3 is 43.9 Å².